The van der Waals surface area contributed by atoms with E-state index in [1.807, 2.05) is 0 Å². The van der Waals surface area contributed by atoms with Crippen LogP contribution in [-0.4, -0.2) is 11.8 Å². The summed E-state index contributed by atoms with van der Waals surface area (Å²) in [6.07, 6.45) is 1.58. The summed E-state index contributed by atoms with van der Waals surface area (Å²) in [4.78, 5) is 0. The van der Waals surface area contributed by atoms with Gasteiger partial charge in [0, 0.05) is 0 Å². The van der Waals surface area contributed by atoms with Crippen LogP contribution in [0.5, 0.6) is 0 Å². The fourth-order valence-electron chi connectivity index (χ4n) is 0.179. The van der Waals surface area contributed by atoms with E-state index in [9.17, 15) is 0 Å². The fourth-order valence-corrected chi connectivity index (χ4v) is 0.337. The predicted octanol–water partition coefficient (Wildman–Crippen LogP) is -0.531. The first-order valence-electron chi connectivity index (χ1n) is 1.89. The van der Waals surface area contributed by atoms with Crippen molar-refractivity contribution in [2.24, 2.45) is 0 Å². The zero-order chi connectivity index (χ0) is 6.41. The Hall–Kier alpha value is -0.890. The monoisotopic (exact) mass is 130 g/mol. The van der Waals surface area contributed by atoms with Crippen LogP contribution in [0.3, 0.4) is 0 Å². The smallest absolute Gasteiger partial charge is 0.202 e. The molecular weight excluding hydrogens is 124 g/mol. The lowest BCUT2D eigenvalue weighted by Gasteiger charge is -1.97. The first kappa shape index (κ1) is 7.11. The van der Waals surface area contributed by atoms with Gasteiger partial charge in [0.15, 0.2) is 6.19 Å². The molecular formula is C3H6N4S. The number of nitrogens with zero attached hydrogens (tertiary/aromatic N) is 1. The minimum atomic E-state index is -0.0255. The van der Waals surface area contributed by atoms with Gasteiger partial charge >= 0.3 is 0 Å². The summed E-state index contributed by atoms with van der Waals surface area (Å²) in [6, 6.07) is 0. The lowest BCUT2D eigenvalue weighted by Crippen LogP contribution is -2.32. The molecule has 0 rings (SSSR count). The molecule has 0 aromatic carbocycles. The Balaban J connectivity index is 3.23. The average Bonchev–Trinajstić information content (AvgIpc) is 1.68. The Bertz CT molecular complexity index is 115. The van der Waals surface area contributed by atoms with Gasteiger partial charge in [-0.3, -0.25) is 10.7 Å². The third-order valence-electron chi connectivity index (χ3n) is 0.437. The van der Waals surface area contributed by atoms with Gasteiger partial charge in [0.1, 0.15) is 0 Å². The normalized spacial score (nSPS) is 7.00. The molecule has 3 N–H and O–H groups in total. The second-order valence-corrected chi connectivity index (χ2v) is 1.26. The molecule has 0 aliphatic carbocycles. The van der Waals surface area contributed by atoms with Gasteiger partial charge < -0.3 is 5.32 Å². The highest BCUT2D eigenvalue weighted by Gasteiger charge is 1.85. The van der Waals surface area contributed by atoms with Crippen LogP contribution in [0.15, 0.2) is 0 Å². The number of nitriles is 1. The Morgan fingerprint density at radius 1 is 1.88 bits per heavy atom. The zero-order valence-corrected chi connectivity index (χ0v) is 5.00. The van der Waals surface area contributed by atoms with Crippen molar-refractivity contribution in [3.63, 3.8) is 0 Å². The van der Waals surface area contributed by atoms with Crippen molar-refractivity contribution in [1.82, 2.24) is 10.6 Å². The van der Waals surface area contributed by atoms with Crippen LogP contribution >= 0.6 is 12.6 Å². The second-order valence-electron chi connectivity index (χ2n) is 0.947. The number of guanidine groups is 1. The maximum Gasteiger partial charge on any atom is 0.202 e. The van der Waals surface area contributed by atoms with Crippen molar-refractivity contribution in [1.29, 1.82) is 10.7 Å². The Labute approximate surface area is 52.8 Å². The average molecular weight is 130 g/mol. The maximum atomic E-state index is 7.90. The van der Waals surface area contributed by atoms with Crippen LogP contribution in [0.2, 0.25) is 0 Å². The second kappa shape index (κ2) is 4.27. The lowest BCUT2D eigenvalue weighted by atomic mass is 10.9. The van der Waals surface area contributed by atoms with Crippen molar-refractivity contribution in [3.8, 4) is 6.19 Å². The molecule has 0 unspecified atom stereocenters. The van der Waals surface area contributed by atoms with Gasteiger partial charge in [-0.2, -0.15) is 17.9 Å². The predicted molar refractivity (Wildman–Crippen MR) is 33.5 cm³/mol. The van der Waals surface area contributed by atoms with Crippen LogP contribution in [0.1, 0.15) is 0 Å². The van der Waals surface area contributed by atoms with E-state index in [0.29, 0.717) is 5.88 Å². The summed E-state index contributed by atoms with van der Waals surface area (Å²) in [7, 11) is 0. The van der Waals surface area contributed by atoms with Gasteiger partial charge in [0.25, 0.3) is 0 Å². The van der Waals surface area contributed by atoms with Gasteiger partial charge in [-0.15, -0.1) is 0 Å². The number of nitrogens with one attached hydrogen (secondary N) is 3. The molecule has 0 aliphatic rings. The molecule has 0 aromatic rings. The van der Waals surface area contributed by atoms with E-state index >= 15 is 0 Å². The summed E-state index contributed by atoms with van der Waals surface area (Å²) in [5.74, 6) is 0.329. The molecule has 0 spiro atoms. The van der Waals surface area contributed by atoms with E-state index < -0.39 is 0 Å². The molecule has 0 fully saturated rings. The number of thiol groups is 1. The molecule has 0 radical (unpaired) electrons. The molecule has 5 heteroatoms. The molecule has 0 saturated carbocycles. The molecule has 44 valence electrons. The van der Waals surface area contributed by atoms with E-state index in [4.69, 9.17) is 10.7 Å². The van der Waals surface area contributed by atoms with E-state index in [1.54, 1.807) is 6.19 Å². The van der Waals surface area contributed by atoms with Crippen molar-refractivity contribution < 1.29 is 0 Å². The Morgan fingerprint density at radius 2 is 2.50 bits per heavy atom. The Morgan fingerprint density at radius 3 is 2.88 bits per heavy atom. The van der Waals surface area contributed by atoms with Crippen molar-refractivity contribution in [2.75, 3.05) is 5.88 Å². The third kappa shape index (κ3) is 3.31. The topological polar surface area (TPSA) is 71.7 Å². The highest BCUT2D eigenvalue weighted by atomic mass is 32.1. The first-order valence-corrected chi connectivity index (χ1v) is 2.53. The number of hydrogen-bond acceptors (Lipinski definition) is 3. The molecule has 0 saturated heterocycles. The minimum absolute atomic E-state index is 0.0255. The lowest BCUT2D eigenvalue weighted by molar-refractivity contribution is 1.02. The summed E-state index contributed by atoms with van der Waals surface area (Å²) in [6.45, 7) is 0. The maximum absolute atomic E-state index is 7.90. The quantitative estimate of drug-likeness (QED) is 0.0962. The summed E-state index contributed by atoms with van der Waals surface area (Å²) >= 11 is 3.75. The van der Waals surface area contributed by atoms with Gasteiger partial charge in [-0.25, -0.2) is 0 Å². The molecule has 0 heterocycles. The van der Waals surface area contributed by atoms with Gasteiger partial charge in [0.2, 0.25) is 5.96 Å². The van der Waals surface area contributed by atoms with Gasteiger partial charge in [0.05, 0.1) is 5.88 Å². The number of hydrogen-bond donors (Lipinski definition) is 4. The first-order chi connectivity index (χ1) is 3.81. The third-order valence-corrected chi connectivity index (χ3v) is 0.595. The van der Waals surface area contributed by atoms with Crippen molar-refractivity contribution in [3.05, 3.63) is 0 Å². The van der Waals surface area contributed by atoms with Gasteiger partial charge in [-0.05, 0) is 0 Å². The molecule has 0 aromatic heterocycles. The molecule has 0 amide bonds. The van der Waals surface area contributed by atoms with Crippen molar-refractivity contribution in [2.45, 2.75) is 0 Å². The molecule has 0 aliphatic heterocycles. The van der Waals surface area contributed by atoms with Crippen LogP contribution in [-0.2, 0) is 0 Å². The van der Waals surface area contributed by atoms with E-state index in [-0.39, 0.29) is 5.96 Å². The fraction of sp³-hybridized carbons (Fsp3) is 0.333. The summed E-state index contributed by atoms with van der Waals surface area (Å²) in [5, 5.41) is 19.2. The van der Waals surface area contributed by atoms with Crippen molar-refractivity contribution >= 4 is 18.6 Å². The van der Waals surface area contributed by atoms with Gasteiger partial charge in [-0.1, -0.05) is 0 Å². The summed E-state index contributed by atoms with van der Waals surface area (Å²) < 4.78 is 0. The van der Waals surface area contributed by atoms with E-state index in [0.717, 1.165) is 0 Å². The molecule has 0 bridgehead atoms. The molecule has 0 atom stereocenters. The van der Waals surface area contributed by atoms with Crippen LogP contribution < -0.4 is 10.6 Å². The molecule has 4 nitrogen and oxygen atoms in total. The van der Waals surface area contributed by atoms with Crippen LogP contribution in [0, 0.1) is 16.9 Å². The van der Waals surface area contributed by atoms with Crippen LogP contribution in [0.25, 0.3) is 0 Å². The van der Waals surface area contributed by atoms with E-state index in [2.05, 4.69) is 23.3 Å². The summed E-state index contributed by atoms with van der Waals surface area (Å²) in [5.41, 5.74) is 0. The Kier molecular flexibility index (Phi) is 3.80. The SMILES string of the molecule is N#CNC(=N)NCS. The largest absolute Gasteiger partial charge is 0.347 e. The highest BCUT2D eigenvalue weighted by Crippen LogP contribution is 1.62. The highest BCUT2D eigenvalue weighted by molar-refractivity contribution is 7.80. The van der Waals surface area contributed by atoms with E-state index in [1.165, 1.54) is 0 Å². The number of rotatable bonds is 1. The molecule has 8 heavy (non-hydrogen) atoms. The standard InChI is InChI=1S/C3H6N4S/c4-1-6-3(5)7-2-8/h8H,2H2,(H3,5,6,7). The zero-order valence-electron chi connectivity index (χ0n) is 4.10. The van der Waals surface area contributed by atoms with Crippen LogP contribution in [0.4, 0.5) is 0 Å². The minimum Gasteiger partial charge on any atom is -0.347 e.